The van der Waals surface area contributed by atoms with Crippen LogP contribution >= 0.6 is 0 Å². The van der Waals surface area contributed by atoms with Crippen molar-refractivity contribution in [1.29, 1.82) is 0 Å². The third-order valence-corrected chi connectivity index (χ3v) is 4.20. The van der Waals surface area contributed by atoms with E-state index in [1.165, 1.54) is 24.3 Å². The number of hydrogen-bond donors (Lipinski definition) is 1. The lowest BCUT2D eigenvalue weighted by molar-refractivity contribution is -0.384. The summed E-state index contributed by atoms with van der Waals surface area (Å²) in [5.41, 5.74) is 5.72. The molecule has 1 aliphatic heterocycles. The van der Waals surface area contributed by atoms with Crippen molar-refractivity contribution in [3.05, 3.63) is 52.0 Å². The fourth-order valence-electron chi connectivity index (χ4n) is 2.94. The molecule has 2 N–H and O–H groups in total. The first kappa shape index (κ1) is 16.7. The van der Waals surface area contributed by atoms with E-state index in [1.54, 1.807) is 0 Å². The number of rotatable bonds is 5. The molecule has 9 heteroatoms. The van der Waals surface area contributed by atoms with Gasteiger partial charge in [0.25, 0.3) is 0 Å². The molecule has 0 bridgehead atoms. The molecule has 25 heavy (non-hydrogen) atoms. The molecule has 1 aromatic heterocycles. The Kier molecular flexibility index (Phi) is 4.55. The van der Waals surface area contributed by atoms with Crippen LogP contribution in [-0.4, -0.2) is 33.3 Å². The summed E-state index contributed by atoms with van der Waals surface area (Å²) in [4.78, 5) is 32.4. The van der Waals surface area contributed by atoms with Gasteiger partial charge < -0.3 is 10.6 Å². The van der Waals surface area contributed by atoms with Gasteiger partial charge in [0.1, 0.15) is 12.0 Å². The Morgan fingerprint density at radius 2 is 2.12 bits per heavy atom. The van der Waals surface area contributed by atoms with Crippen LogP contribution in [0.3, 0.4) is 0 Å². The number of benzene rings is 1. The number of hydrogen-bond acceptors (Lipinski definition) is 7. The summed E-state index contributed by atoms with van der Waals surface area (Å²) >= 11 is 0. The van der Waals surface area contributed by atoms with Crippen molar-refractivity contribution < 1.29 is 14.1 Å². The van der Waals surface area contributed by atoms with Crippen LogP contribution in [0.15, 0.2) is 30.5 Å². The van der Waals surface area contributed by atoms with E-state index in [0.717, 1.165) is 19.0 Å². The molecule has 3 rings (SSSR count). The van der Waals surface area contributed by atoms with Gasteiger partial charge in [-0.25, -0.2) is 9.37 Å². The first-order valence-corrected chi connectivity index (χ1v) is 7.78. The molecule has 0 aliphatic carbocycles. The second-order valence-corrected chi connectivity index (χ2v) is 5.82. The van der Waals surface area contributed by atoms with Crippen LogP contribution in [-0.2, 0) is 0 Å². The van der Waals surface area contributed by atoms with Crippen molar-refractivity contribution in [2.45, 2.75) is 25.3 Å². The van der Waals surface area contributed by atoms with Crippen LogP contribution in [0.2, 0.25) is 0 Å². The summed E-state index contributed by atoms with van der Waals surface area (Å²) in [7, 11) is 0. The maximum absolute atomic E-state index is 13.0. The van der Waals surface area contributed by atoms with Crippen molar-refractivity contribution in [1.82, 2.24) is 9.97 Å². The molecule has 0 radical (unpaired) electrons. The van der Waals surface area contributed by atoms with Gasteiger partial charge in [0.15, 0.2) is 5.78 Å². The van der Waals surface area contributed by atoms with Crippen LogP contribution < -0.4 is 10.6 Å². The lowest BCUT2D eigenvalue weighted by atomic mass is 10.0. The monoisotopic (exact) mass is 345 g/mol. The predicted molar refractivity (Wildman–Crippen MR) is 88.8 cm³/mol. The largest absolute Gasteiger partial charge is 0.378 e. The van der Waals surface area contributed by atoms with Crippen molar-refractivity contribution in [3.63, 3.8) is 0 Å². The van der Waals surface area contributed by atoms with Gasteiger partial charge in [-0.1, -0.05) is 0 Å². The number of halogens is 1. The summed E-state index contributed by atoms with van der Waals surface area (Å²) in [5, 5.41) is 10.8. The Labute approximate surface area is 142 Å². The molecule has 0 saturated carbocycles. The third kappa shape index (κ3) is 3.54. The van der Waals surface area contributed by atoms with Gasteiger partial charge in [0, 0.05) is 24.6 Å². The van der Waals surface area contributed by atoms with E-state index in [2.05, 4.69) is 9.97 Å². The topological polar surface area (TPSA) is 115 Å². The number of carbonyl (C=O) groups excluding carboxylic acids is 1. The molecular formula is C16H16FN5O3. The highest BCUT2D eigenvalue weighted by Crippen LogP contribution is 2.28. The summed E-state index contributed by atoms with van der Waals surface area (Å²) in [6.07, 6.45) is 2.93. The van der Waals surface area contributed by atoms with Gasteiger partial charge in [0.05, 0.1) is 4.92 Å². The van der Waals surface area contributed by atoms with Crippen molar-refractivity contribution in [3.8, 4) is 0 Å². The van der Waals surface area contributed by atoms with E-state index in [0.29, 0.717) is 12.1 Å². The zero-order chi connectivity index (χ0) is 18.0. The van der Waals surface area contributed by atoms with Crippen LogP contribution in [0, 0.1) is 15.9 Å². The fraction of sp³-hybridized carbons (Fsp3) is 0.312. The number of nitrogens with zero attached hydrogens (tertiary/aromatic N) is 4. The molecule has 2 aromatic rings. The molecule has 1 fully saturated rings. The number of carbonyl (C=O) groups is 1. The normalized spacial score (nSPS) is 16.8. The smallest absolute Gasteiger partial charge is 0.329 e. The minimum atomic E-state index is -0.640. The second-order valence-electron chi connectivity index (χ2n) is 5.82. The van der Waals surface area contributed by atoms with E-state index in [9.17, 15) is 19.3 Å². The van der Waals surface area contributed by atoms with Gasteiger partial charge in [-0.05, 0) is 37.1 Å². The van der Waals surface area contributed by atoms with Gasteiger partial charge >= 0.3 is 5.69 Å². The highest BCUT2D eigenvalue weighted by atomic mass is 19.1. The zero-order valence-corrected chi connectivity index (χ0v) is 13.3. The molecule has 8 nitrogen and oxygen atoms in total. The molecule has 130 valence electrons. The first-order valence-electron chi connectivity index (χ1n) is 7.78. The Morgan fingerprint density at radius 1 is 1.40 bits per heavy atom. The molecular weight excluding hydrogens is 329 g/mol. The molecule has 1 unspecified atom stereocenters. The second kappa shape index (κ2) is 6.80. The minimum Gasteiger partial charge on any atom is -0.378 e. The fourth-order valence-corrected chi connectivity index (χ4v) is 2.94. The highest BCUT2D eigenvalue weighted by Gasteiger charge is 2.30. The molecule has 1 saturated heterocycles. The van der Waals surface area contributed by atoms with E-state index in [-0.39, 0.29) is 35.7 Å². The molecule has 0 spiro atoms. The number of anilines is 2. The maximum Gasteiger partial charge on any atom is 0.329 e. The number of nitrogen functional groups attached to an aromatic ring is 1. The Bertz CT molecular complexity index is 812. The van der Waals surface area contributed by atoms with E-state index in [1.807, 2.05) is 4.90 Å². The first-order chi connectivity index (χ1) is 12.0. The summed E-state index contributed by atoms with van der Waals surface area (Å²) < 4.78 is 13.0. The number of ketones is 1. The van der Waals surface area contributed by atoms with E-state index >= 15 is 0 Å². The Morgan fingerprint density at radius 3 is 2.76 bits per heavy atom. The summed E-state index contributed by atoms with van der Waals surface area (Å²) in [5.74, 6) is -0.427. The van der Waals surface area contributed by atoms with Crippen molar-refractivity contribution >= 4 is 23.2 Å². The number of nitrogens with two attached hydrogens (primary N) is 1. The molecule has 2 heterocycles. The number of nitro groups is 1. The average Bonchev–Trinajstić information content (AvgIpc) is 3.03. The Balaban J connectivity index is 1.76. The van der Waals surface area contributed by atoms with E-state index < -0.39 is 10.7 Å². The third-order valence-electron chi connectivity index (χ3n) is 4.20. The lowest BCUT2D eigenvalue weighted by Crippen LogP contribution is -2.33. The molecule has 1 aromatic carbocycles. The molecule has 0 amide bonds. The average molecular weight is 345 g/mol. The van der Waals surface area contributed by atoms with Crippen LogP contribution in [0.25, 0.3) is 0 Å². The number of aromatic nitrogens is 2. The summed E-state index contributed by atoms with van der Waals surface area (Å²) in [6, 6.07) is 5.28. The lowest BCUT2D eigenvalue weighted by Gasteiger charge is -2.24. The van der Waals surface area contributed by atoms with Gasteiger partial charge in [0.2, 0.25) is 11.8 Å². The Hall–Kier alpha value is -3.10. The minimum absolute atomic E-state index is 0.105. The SMILES string of the molecule is Nc1nc(N2CCCC2CC(=O)c2ccc(F)cc2)ncc1[N+](=O)[O-]. The quantitative estimate of drug-likeness (QED) is 0.502. The van der Waals surface area contributed by atoms with Gasteiger partial charge in [-0.2, -0.15) is 4.98 Å². The van der Waals surface area contributed by atoms with Crippen molar-refractivity contribution in [2.24, 2.45) is 0 Å². The van der Waals surface area contributed by atoms with Crippen LogP contribution in [0.1, 0.15) is 29.6 Å². The maximum atomic E-state index is 13.0. The zero-order valence-electron chi connectivity index (χ0n) is 13.3. The number of Topliss-reactive ketones (excluding diaryl/α,β-unsaturated/α-hetero) is 1. The predicted octanol–water partition coefficient (Wildman–Crippen LogP) is 2.35. The van der Waals surface area contributed by atoms with Crippen LogP contribution in [0.5, 0.6) is 0 Å². The van der Waals surface area contributed by atoms with Crippen LogP contribution in [0.4, 0.5) is 21.8 Å². The molecule has 1 atom stereocenters. The standard InChI is InChI=1S/C16H16FN5O3/c17-11-5-3-10(4-6-11)14(23)8-12-2-1-7-21(12)16-19-9-13(22(24)25)15(18)20-16/h3-6,9,12H,1-2,7-8H2,(H2,18,19,20). The highest BCUT2D eigenvalue weighted by molar-refractivity contribution is 5.96. The van der Waals surface area contributed by atoms with Crippen molar-refractivity contribution in [2.75, 3.05) is 17.2 Å². The van der Waals surface area contributed by atoms with E-state index in [4.69, 9.17) is 5.73 Å². The summed E-state index contributed by atoms with van der Waals surface area (Å²) in [6.45, 7) is 0.638. The molecule has 1 aliphatic rings. The van der Waals surface area contributed by atoms with Gasteiger partial charge in [-0.3, -0.25) is 14.9 Å². The van der Waals surface area contributed by atoms with Gasteiger partial charge in [-0.15, -0.1) is 0 Å².